The van der Waals surface area contributed by atoms with E-state index in [1.54, 1.807) is 14.2 Å². The van der Waals surface area contributed by atoms with Gasteiger partial charge in [-0.1, -0.05) is 18.2 Å². The SMILES string of the molecule is C/N=C/c1c(C)nn(-c2ccc(OC)cc2)c1N1CCc2cc(CCC(=O)O)ccc2C1. The summed E-state index contributed by atoms with van der Waals surface area (Å²) in [5, 5.41) is 13.8. The van der Waals surface area contributed by atoms with E-state index >= 15 is 0 Å². The number of carboxylic acids is 1. The van der Waals surface area contributed by atoms with Gasteiger partial charge in [-0.05, 0) is 60.7 Å². The molecule has 166 valence electrons. The molecule has 0 bridgehead atoms. The van der Waals surface area contributed by atoms with Gasteiger partial charge in [-0.25, -0.2) is 4.68 Å². The molecule has 1 aliphatic rings. The van der Waals surface area contributed by atoms with E-state index < -0.39 is 5.97 Å². The first kappa shape index (κ1) is 21.6. The Kier molecular flexibility index (Phi) is 6.25. The highest BCUT2D eigenvalue weighted by Gasteiger charge is 2.25. The maximum Gasteiger partial charge on any atom is 0.303 e. The van der Waals surface area contributed by atoms with E-state index in [4.69, 9.17) is 14.9 Å². The minimum atomic E-state index is -0.763. The molecule has 0 spiro atoms. The Labute approximate surface area is 188 Å². The van der Waals surface area contributed by atoms with E-state index in [9.17, 15) is 4.79 Å². The lowest BCUT2D eigenvalue weighted by Gasteiger charge is -2.32. The third-order valence-electron chi connectivity index (χ3n) is 5.87. The van der Waals surface area contributed by atoms with Crippen molar-refractivity contribution in [2.24, 2.45) is 4.99 Å². The summed E-state index contributed by atoms with van der Waals surface area (Å²) in [7, 11) is 3.44. The Morgan fingerprint density at radius 2 is 2.00 bits per heavy atom. The van der Waals surface area contributed by atoms with Gasteiger partial charge in [-0.3, -0.25) is 9.79 Å². The quantitative estimate of drug-likeness (QED) is 0.574. The number of nitrogens with zero attached hydrogens (tertiary/aromatic N) is 4. The summed E-state index contributed by atoms with van der Waals surface area (Å²) in [4.78, 5) is 17.5. The second-order valence-corrected chi connectivity index (χ2v) is 7.99. The minimum absolute atomic E-state index is 0.158. The average molecular weight is 433 g/mol. The molecule has 0 atom stereocenters. The van der Waals surface area contributed by atoms with Gasteiger partial charge in [0.2, 0.25) is 0 Å². The standard InChI is InChI=1S/C25H28N4O3/c1-17-23(15-26-2)25(29(27-17)21-7-9-22(32-3)10-8-21)28-13-12-19-14-18(5-11-24(30)31)4-6-20(19)16-28/h4,6-10,14-15H,5,11-13,16H2,1-3H3,(H,30,31)/b26-15+. The fourth-order valence-electron chi connectivity index (χ4n) is 4.21. The van der Waals surface area contributed by atoms with E-state index in [1.165, 1.54) is 11.1 Å². The zero-order chi connectivity index (χ0) is 22.7. The molecule has 3 aromatic rings. The maximum absolute atomic E-state index is 10.9. The summed E-state index contributed by atoms with van der Waals surface area (Å²) >= 11 is 0. The molecule has 0 radical (unpaired) electrons. The van der Waals surface area contributed by atoms with Crippen LogP contribution in [0.3, 0.4) is 0 Å². The van der Waals surface area contributed by atoms with E-state index in [-0.39, 0.29) is 6.42 Å². The summed E-state index contributed by atoms with van der Waals surface area (Å²) < 4.78 is 7.29. The normalized spacial score (nSPS) is 13.4. The van der Waals surface area contributed by atoms with Gasteiger partial charge in [0.25, 0.3) is 0 Å². The summed E-state index contributed by atoms with van der Waals surface area (Å²) in [5.74, 6) is 1.07. The third-order valence-corrected chi connectivity index (χ3v) is 5.87. The molecule has 0 fully saturated rings. The number of carboxylic acid groups (broad SMARTS) is 1. The smallest absolute Gasteiger partial charge is 0.303 e. The number of aryl methyl sites for hydroxylation is 2. The van der Waals surface area contributed by atoms with Crippen molar-refractivity contribution < 1.29 is 14.6 Å². The number of fused-ring (bicyclic) bond motifs is 1. The van der Waals surface area contributed by atoms with Crippen molar-refractivity contribution in [1.82, 2.24) is 9.78 Å². The van der Waals surface area contributed by atoms with E-state index in [2.05, 4.69) is 22.0 Å². The lowest BCUT2D eigenvalue weighted by molar-refractivity contribution is -0.136. The van der Waals surface area contributed by atoms with Gasteiger partial charge in [0, 0.05) is 32.8 Å². The van der Waals surface area contributed by atoms with Crippen LogP contribution in [0.2, 0.25) is 0 Å². The molecule has 0 saturated heterocycles. The molecule has 2 aromatic carbocycles. The van der Waals surface area contributed by atoms with Crippen molar-refractivity contribution >= 4 is 18.0 Å². The van der Waals surface area contributed by atoms with Crippen LogP contribution in [0.15, 0.2) is 47.5 Å². The maximum atomic E-state index is 10.9. The fraction of sp³-hybridized carbons (Fsp3) is 0.320. The summed E-state index contributed by atoms with van der Waals surface area (Å²) in [6.45, 7) is 3.62. The van der Waals surface area contributed by atoms with Crippen molar-refractivity contribution in [3.05, 3.63) is 70.4 Å². The monoisotopic (exact) mass is 432 g/mol. The molecule has 4 rings (SSSR count). The number of hydrogen-bond acceptors (Lipinski definition) is 5. The Morgan fingerprint density at radius 1 is 1.22 bits per heavy atom. The number of rotatable bonds is 7. The van der Waals surface area contributed by atoms with Crippen LogP contribution >= 0.6 is 0 Å². The number of ether oxygens (including phenoxy) is 1. The van der Waals surface area contributed by atoms with Crippen molar-refractivity contribution in [2.45, 2.75) is 32.7 Å². The van der Waals surface area contributed by atoms with Gasteiger partial charge in [-0.2, -0.15) is 5.10 Å². The molecule has 32 heavy (non-hydrogen) atoms. The number of aliphatic imine (C=N–C) groups is 1. The van der Waals surface area contributed by atoms with Crippen LogP contribution < -0.4 is 9.64 Å². The van der Waals surface area contributed by atoms with Crippen LogP contribution in [0.25, 0.3) is 5.69 Å². The molecule has 0 aliphatic carbocycles. The number of methoxy groups -OCH3 is 1. The number of aliphatic carboxylic acids is 1. The van der Waals surface area contributed by atoms with Crippen LogP contribution in [0.5, 0.6) is 5.75 Å². The molecule has 7 heteroatoms. The number of benzene rings is 2. The van der Waals surface area contributed by atoms with Gasteiger partial charge in [0.15, 0.2) is 0 Å². The van der Waals surface area contributed by atoms with Gasteiger partial charge in [-0.15, -0.1) is 0 Å². The highest BCUT2D eigenvalue weighted by Crippen LogP contribution is 2.31. The second kappa shape index (κ2) is 9.26. The second-order valence-electron chi connectivity index (χ2n) is 7.99. The number of carbonyl (C=O) groups is 1. The summed E-state index contributed by atoms with van der Waals surface area (Å²) in [6.07, 6.45) is 3.49. The molecule has 1 aliphatic heterocycles. The van der Waals surface area contributed by atoms with Gasteiger partial charge in [0.1, 0.15) is 11.6 Å². The number of hydrogen-bond donors (Lipinski definition) is 1. The first-order chi connectivity index (χ1) is 15.5. The fourth-order valence-corrected chi connectivity index (χ4v) is 4.21. The van der Waals surface area contributed by atoms with Gasteiger partial charge < -0.3 is 14.7 Å². The number of anilines is 1. The molecule has 0 saturated carbocycles. The van der Waals surface area contributed by atoms with E-state index in [0.717, 1.165) is 53.6 Å². The van der Waals surface area contributed by atoms with E-state index in [0.29, 0.717) is 6.42 Å². The molecule has 0 amide bonds. The first-order valence-corrected chi connectivity index (χ1v) is 10.7. The van der Waals surface area contributed by atoms with Crippen LogP contribution in [0, 0.1) is 6.92 Å². The van der Waals surface area contributed by atoms with Crippen LogP contribution in [-0.2, 0) is 24.2 Å². The van der Waals surface area contributed by atoms with Crippen molar-refractivity contribution in [1.29, 1.82) is 0 Å². The zero-order valence-corrected chi connectivity index (χ0v) is 18.7. The third kappa shape index (κ3) is 4.37. The van der Waals surface area contributed by atoms with Crippen molar-refractivity contribution in [2.75, 3.05) is 25.6 Å². The molecule has 1 aromatic heterocycles. The van der Waals surface area contributed by atoms with Gasteiger partial charge >= 0.3 is 5.97 Å². The van der Waals surface area contributed by atoms with E-state index in [1.807, 2.05) is 48.2 Å². The summed E-state index contributed by atoms with van der Waals surface area (Å²) in [6, 6.07) is 14.2. The topological polar surface area (TPSA) is 80.0 Å². The van der Waals surface area contributed by atoms with Crippen molar-refractivity contribution in [3.8, 4) is 11.4 Å². The highest BCUT2D eigenvalue weighted by molar-refractivity contribution is 5.89. The Balaban J connectivity index is 1.68. The van der Waals surface area contributed by atoms with Crippen molar-refractivity contribution in [3.63, 3.8) is 0 Å². The largest absolute Gasteiger partial charge is 0.497 e. The van der Waals surface area contributed by atoms with Crippen LogP contribution in [0.4, 0.5) is 5.82 Å². The Morgan fingerprint density at radius 3 is 2.69 bits per heavy atom. The lowest BCUT2D eigenvalue weighted by atomic mass is 9.95. The molecule has 7 nitrogen and oxygen atoms in total. The zero-order valence-electron chi connectivity index (χ0n) is 18.7. The van der Waals surface area contributed by atoms with Crippen LogP contribution in [0.1, 0.15) is 34.4 Å². The predicted octanol–water partition coefficient (Wildman–Crippen LogP) is 3.82. The molecular weight excluding hydrogens is 404 g/mol. The molecular formula is C25H28N4O3. The highest BCUT2D eigenvalue weighted by atomic mass is 16.5. The molecule has 2 heterocycles. The molecule has 0 unspecified atom stereocenters. The Bertz CT molecular complexity index is 1150. The molecule has 1 N–H and O–H groups in total. The Hall–Kier alpha value is -3.61. The lowest BCUT2D eigenvalue weighted by Crippen LogP contribution is -2.32. The minimum Gasteiger partial charge on any atom is -0.497 e. The predicted molar refractivity (Wildman–Crippen MR) is 126 cm³/mol. The first-order valence-electron chi connectivity index (χ1n) is 10.7. The van der Waals surface area contributed by atoms with Crippen LogP contribution in [-0.4, -0.2) is 47.8 Å². The van der Waals surface area contributed by atoms with Gasteiger partial charge in [0.05, 0.1) is 24.1 Å². The number of aromatic nitrogens is 2. The average Bonchev–Trinajstić information content (AvgIpc) is 3.13. The summed E-state index contributed by atoms with van der Waals surface area (Å²) in [5.41, 5.74) is 6.55.